The Hall–Kier alpha value is -2.11. The Balaban J connectivity index is 1.62. The van der Waals surface area contributed by atoms with Crippen molar-refractivity contribution in [3.63, 3.8) is 0 Å². The van der Waals surface area contributed by atoms with Gasteiger partial charge in [-0.3, -0.25) is 0 Å². The summed E-state index contributed by atoms with van der Waals surface area (Å²) in [5, 5.41) is 3.99. The van der Waals surface area contributed by atoms with Crippen LogP contribution in [0.25, 0.3) is 0 Å². The van der Waals surface area contributed by atoms with Gasteiger partial charge in [0.25, 0.3) is 5.88 Å². The monoisotopic (exact) mass is 289 g/mol. The number of ether oxygens (including phenoxy) is 2. The molecule has 1 aliphatic carbocycles. The number of methoxy groups -OCH3 is 1. The number of rotatable bonds is 5. The van der Waals surface area contributed by atoms with E-state index in [2.05, 4.69) is 15.1 Å². The molecule has 0 unspecified atom stereocenters. The summed E-state index contributed by atoms with van der Waals surface area (Å²) in [4.78, 5) is 8.52. The van der Waals surface area contributed by atoms with E-state index in [0.717, 1.165) is 18.7 Å². The van der Waals surface area contributed by atoms with E-state index in [0.29, 0.717) is 23.4 Å². The Bertz CT molecular complexity index is 579. The molecule has 1 fully saturated rings. The van der Waals surface area contributed by atoms with E-state index in [9.17, 15) is 0 Å². The number of aromatic nitrogens is 3. The van der Waals surface area contributed by atoms with Crippen LogP contribution in [0, 0.1) is 0 Å². The highest BCUT2D eigenvalue weighted by Crippen LogP contribution is 2.31. The van der Waals surface area contributed by atoms with Crippen molar-refractivity contribution in [2.75, 3.05) is 7.11 Å². The Morgan fingerprint density at radius 2 is 2.14 bits per heavy atom. The first-order chi connectivity index (χ1) is 10.4. The van der Waals surface area contributed by atoms with Crippen LogP contribution in [0.5, 0.6) is 11.6 Å². The molecule has 3 rings (SSSR count). The zero-order valence-electron chi connectivity index (χ0n) is 12.1. The van der Waals surface area contributed by atoms with Gasteiger partial charge in [0, 0.05) is 12.1 Å². The summed E-state index contributed by atoms with van der Waals surface area (Å²) in [5.74, 6) is 2.73. The van der Waals surface area contributed by atoms with E-state index in [1.165, 1.54) is 19.3 Å². The average molecular weight is 289 g/mol. The maximum absolute atomic E-state index is 5.64. The summed E-state index contributed by atoms with van der Waals surface area (Å²) in [5.41, 5.74) is 0. The highest BCUT2D eigenvalue weighted by atomic mass is 16.5. The van der Waals surface area contributed by atoms with Crippen LogP contribution in [-0.2, 0) is 6.61 Å². The van der Waals surface area contributed by atoms with Crippen molar-refractivity contribution in [1.29, 1.82) is 0 Å². The number of hydrogen-bond acceptors (Lipinski definition) is 6. The Morgan fingerprint density at radius 1 is 1.29 bits per heavy atom. The van der Waals surface area contributed by atoms with Crippen LogP contribution in [0.1, 0.15) is 49.7 Å². The van der Waals surface area contributed by atoms with Crippen LogP contribution >= 0.6 is 0 Å². The minimum Gasteiger partial charge on any atom is -0.480 e. The van der Waals surface area contributed by atoms with Crippen molar-refractivity contribution in [2.24, 2.45) is 0 Å². The van der Waals surface area contributed by atoms with Gasteiger partial charge in [0.15, 0.2) is 12.4 Å². The molecule has 6 nitrogen and oxygen atoms in total. The number of pyridine rings is 1. The third kappa shape index (κ3) is 3.32. The molecule has 2 aromatic heterocycles. The van der Waals surface area contributed by atoms with Crippen molar-refractivity contribution < 1.29 is 14.0 Å². The molecule has 0 radical (unpaired) electrons. The first-order valence-electron chi connectivity index (χ1n) is 7.31. The maximum atomic E-state index is 5.64. The van der Waals surface area contributed by atoms with Crippen molar-refractivity contribution in [3.05, 3.63) is 30.0 Å². The van der Waals surface area contributed by atoms with E-state index >= 15 is 0 Å². The molecule has 0 N–H and O–H groups in total. The van der Waals surface area contributed by atoms with Crippen LogP contribution in [0.4, 0.5) is 0 Å². The standard InChI is InChI=1S/C15H19N3O3/c1-19-15-12(8-5-9-16-15)20-10-13-17-14(21-18-13)11-6-3-2-4-7-11/h5,8-9,11H,2-4,6-7,10H2,1H3. The minimum absolute atomic E-state index is 0.248. The van der Waals surface area contributed by atoms with E-state index in [1.54, 1.807) is 25.4 Å². The fourth-order valence-electron chi connectivity index (χ4n) is 2.62. The minimum atomic E-state index is 0.248. The Labute approximate surface area is 123 Å². The van der Waals surface area contributed by atoms with E-state index < -0.39 is 0 Å². The van der Waals surface area contributed by atoms with Gasteiger partial charge in [-0.2, -0.15) is 4.98 Å². The number of nitrogens with zero attached hydrogens (tertiary/aromatic N) is 3. The normalized spacial score (nSPS) is 15.9. The molecule has 0 aromatic carbocycles. The molecule has 0 atom stereocenters. The third-order valence-electron chi connectivity index (χ3n) is 3.72. The Kier molecular flexibility index (Phi) is 4.33. The largest absolute Gasteiger partial charge is 0.480 e. The summed E-state index contributed by atoms with van der Waals surface area (Å²) < 4.78 is 16.1. The molecule has 1 aliphatic rings. The summed E-state index contributed by atoms with van der Waals surface area (Å²) in [6.45, 7) is 0.248. The topological polar surface area (TPSA) is 70.3 Å². The highest BCUT2D eigenvalue weighted by Gasteiger charge is 2.21. The van der Waals surface area contributed by atoms with Gasteiger partial charge in [-0.15, -0.1) is 0 Å². The second kappa shape index (κ2) is 6.56. The van der Waals surface area contributed by atoms with Gasteiger partial charge < -0.3 is 14.0 Å². The maximum Gasteiger partial charge on any atom is 0.256 e. The molecule has 0 spiro atoms. The first-order valence-corrected chi connectivity index (χ1v) is 7.31. The predicted octanol–water partition coefficient (Wildman–Crippen LogP) is 3.10. The van der Waals surface area contributed by atoms with Gasteiger partial charge in [-0.1, -0.05) is 24.4 Å². The van der Waals surface area contributed by atoms with Gasteiger partial charge in [-0.05, 0) is 25.0 Å². The van der Waals surface area contributed by atoms with Crippen molar-refractivity contribution in [2.45, 2.75) is 44.6 Å². The molecular weight excluding hydrogens is 270 g/mol. The van der Waals surface area contributed by atoms with Crippen molar-refractivity contribution >= 4 is 0 Å². The van der Waals surface area contributed by atoms with E-state index in [-0.39, 0.29) is 6.61 Å². The van der Waals surface area contributed by atoms with Gasteiger partial charge in [0.05, 0.1) is 7.11 Å². The zero-order valence-corrected chi connectivity index (χ0v) is 12.1. The second-order valence-corrected chi connectivity index (χ2v) is 5.18. The molecule has 1 saturated carbocycles. The quantitative estimate of drug-likeness (QED) is 0.842. The number of hydrogen-bond donors (Lipinski definition) is 0. The fraction of sp³-hybridized carbons (Fsp3) is 0.533. The van der Waals surface area contributed by atoms with Crippen LogP contribution in [0.15, 0.2) is 22.9 Å². The molecule has 112 valence electrons. The van der Waals surface area contributed by atoms with Crippen LogP contribution in [0.2, 0.25) is 0 Å². The first kappa shape index (κ1) is 13.9. The lowest BCUT2D eigenvalue weighted by molar-refractivity contribution is 0.263. The Morgan fingerprint density at radius 3 is 2.95 bits per heavy atom. The summed E-state index contributed by atoms with van der Waals surface area (Å²) >= 11 is 0. The molecule has 0 amide bonds. The summed E-state index contributed by atoms with van der Waals surface area (Å²) in [6, 6.07) is 3.59. The molecular formula is C15H19N3O3. The average Bonchev–Trinajstić information content (AvgIpc) is 3.03. The molecule has 0 bridgehead atoms. The predicted molar refractivity (Wildman–Crippen MR) is 75.2 cm³/mol. The zero-order chi connectivity index (χ0) is 14.5. The summed E-state index contributed by atoms with van der Waals surface area (Å²) in [7, 11) is 1.56. The highest BCUT2D eigenvalue weighted by molar-refractivity contribution is 5.32. The van der Waals surface area contributed by atoms with Gasteiger partial charge >= 0.3 is 0 Å². The van der Waals surface area contributed by atoms with Crippen LogP contribution in [-0.4, -0.2) is 22.2 Å². The van der Waals surface area contributed by atoms with E-state index in [4.69, 9.17) is 14.0 Å². The van der Waals surface area contributed by atoms with Crippen molar-refractivity contribution in [1.82, 2.24) is 15.1 Å². The molecule has 2 heterocycles. The molecule has 0 saturated heterocycles. The molecule has 0 aliphatic heterocycles. The van der Waals surface area contributed by atoms with Crippen molar-refractivity contribution in [3.8, 4) is 11.6 Å². The smallest absolute Gasteiger partial charge is 0.256 e. The van der Waals surface area contributed by atoms with E-state index in [1.807, 2.05) is 0 Å². The van der Waals surface area contributed by atoms with Gasteiger partial charge in [-0.25, -0.2) is 4.98 Å². The lowest BCUT2D eigenvalue weighted by Gasteiger charge is -2.17. The third-order valence-corrected chi connectivity index (χ3v) is 3.72. The summed E-state index contributed by atoms with van der Waals surface area (Å²) in [6.07, 6.45) is 7.72. The molecule has 6 heteroatoms. The van der Waals surface area contributed by atoms with Crippen LogP contribution in [0.3, 0.4) is 0 Å². The fourth-order valence-corrected chi connectivity index (χ4v) is 2.62. The second-order valence-electron chi connectivity index (χ2n) is 5.18. The SMILES string of the molecule is COc1ncccc1OCc1noc(C2CCCCC2)n1. The molecule has 21 heavy (non-hydrogen) atoms. The lowest BCUT2D eigenvalue weighted by atomic mass is 9.89. The molecule has 2 aromatic rings. The van der Waals surface area contributed by atoms with Gasteiger partial charge in [0.1, 0.15) is 0 Å². The van der Waals surface area contributed by atoms with Crippen LogP contribution < -0.4 is 9.47 Å². The lowest BCUT2D eigenvalue weighted by Crippen LogP contribution is -2.05. The van der Waals surface area contributed by atoms with Gasteiger partial charge in [0.2, 0.25) is 11.7 Å².